The highest BCUT2D eigenvalue weighted by molar-refractivity contribution is 6.33. The molecule has 0 unspecified atom stereocenters. The Balaban J connectivity index is 1.59. The Bertz CT molecular complexity index is 956. The van der Waals surface area contributed by atoms with Gasteiger partial charge in [0, 0.05) is 0 Å². The third-order valence-corrected chi connectivity index (χ3v) is 4.17. The van der Waals surface area contributed by atoms with Gasteiger partial charge in [0.15, 0.2) is 0 Å². The SMILES string of the molecule is Cc1ccc(C(=O)N/N=C/c2cccc(OCc3ccccc3)c2)c(Cl)c1. The van der Waals surface area contributed by atoms with Crippen LogP contribution in [0.25, 0.3) is 0 Å². The number of hydrazone groups is 1. The van der Waals surface area contributed by atoms with E-state index in [4.69, 9.17) is 16.3 Å². The summed E-state index contributed by atoms with van der Waals surface area (Å²) in [7, 11) is 0. The van der Waals surface area contributed by atoms with Crippen molar-refractivity contribution in [2.45, 2.75) is 13.5 Å². The molecule has 0 saturated carbocycles. The van der Waals surface area contributed by atoms with Crippen molar-refractivity contribution in [2.75, 3.05) is 0 Å². The summed E-state index contributed by atoms with van der Waals surface area (Å²) in [6, 6.07) is 22.7. The highest BCUT2D eigenvalue weighted by atomic mass is 35.5. The molecule has 5 heteroatoms. The number of benzene rings is 3. The van der Waals surface area contributed by atoms with Gasteiger partial charge in [-0.05, 0) is 47.9 Å². The average Bonchev–Trinajstić information content (AvgIpc) is 2.67. The zero-order valence-electron chi connectivity index (χ0n) is 14.9. The summed E-state index contributed by atoms with van der Waals surface area (Å²) >= 11 is 6.10. The lowest BCUT2D eigenvalue weighted by molar-refractivity contribution is 0.0955. The van der Waals surface area contributed by atoms with Gasteiger partial charge in [-0.25, -0.2) is 5.43 Å². The van der Waals surface area contributed by atoms with E-state index in [2.05, 4.69) is 10.5 Å². The molecular weight excluding hydrogens is 360 g/mol. The van der Waals surface area contributed by atoms with Crippen molar-refractivity contribution in [3.63, 3.8) is 0 Å². The summed E-state index contributed by atoms with van der Waals surface area (Å²) in [4.78, 5) is 12.2. The second kappa shape index (κ2) is 9.01. The zero-order chi connectivity index (χ0) is 19.1. The first-order valence-electron chi connectivity index (χ1n) is 8.48. The molecule has 1 N–H and O–H groups in total. The number of carbonyl (C=O) groups is 1. The number of ether oxygens (including phenoxy) is 1. The van der Waals surface area contributed by atoms with Crippen molar-refractivity contribution in [3.05, 3.63) is 100 Å². The number of hydrogen-bond donors (Lipinski definition) is 1. The molecule has 0 radical (unpaired) electrons. The Labute approximate surface area is 163 Å². The summed E-state index contributed by atoms with van der Waals surface area (Å²) in [5, 5.41) is 4.40. The lowest BCUT2D eigenvalue weighted by atomic mass is 10.1. The fourth-order valence-electron chi connectivity index (χ4n) is 2.46. The van der Waals surface area contributed by atoms with Gasteiger partial charge in [-0.2, -0.15) is 5.10 Å². The van der Waals surface area contributed by atoms with E-state index in [9.17, 15) is 4.79 Å². The van der Waals surface area contributed by atoms with E-state index in [0.29, 0.717) is 17.2 Å². The molecule has 136 valence electrons. The largest absolute Gasteiger partial charge is 0.489 e. The molecule has 0 atom stereocenters. The second-order valence-electron chi connectivity index (χ2n) is 6.03. The number of nitrogens with one attached hydrogen (secondary N) is 1. The normalized spacial score (nSPS) is 10.7. The molecule has 0 fully saturated rings. The first kappa shape index (κ1) is 18.7. The topological polar surface area (TPSA) is 50.7 Å². The van der Waals surface area contributed by atoms with E-state index < -0.39 is 0 Å². The van der Waals surface area contributed by atoms with Gasteiger partial charge in [-0.3, -0.25) is 4.79 Å². The molecule has 3 aromatic carbocycles. The molecule has 0 spiro atoms. The average molecular weight is 379 g/mol. The van der Waals surface area contributed by atoms with Crippen LogP contribution in [0.3, 0.4) is 0 Å². The summed E-state index contributed by atoms with van der Waals surface area (Å²) in [6.07, 6.45) is 1.56. The molecule has 0 aliphatic heterocycles. The molecule has 1 amide bonds. The minimum absolute atomic E-state index is 0.354. The molecule has 27 heavy (non-hydrogen) atoms. The zero-order valence-corrected chi connectivity index (χ0v) is 15.6. The van der Waals surface area contributed by atoms with Crippen molar-refractivity contribution < 1.29 is 9.53 Å². The number of halogens is 1. The summed E-state index contributed by atoms with van der Waals surface area (Å²) in [5.74, 6) is 0.378. The maximum atomic E-state index is 12.2. The molecule has 0 aliphatic rings. The number of aryl methyl sites for hydroxylation is 1. The summed E-state index contributed by atoms with van der Waals surface area (Å²) in [6.45, 7) is 2.41. The Morgan fingerprint density at radius 1 is 1.07 bits per heavy atom. The number of carbonyl (C=O) groups excluding carboxylic acids is 1. The van der Waals surface area contributed by atoms with Gasteiger partial charge >= 0.3 is 0 Å². The summed E-state index contributed by atoms with van der Waals surface area (Å²) in [5.41, 5.74) is 5.78. The van der Waals surface area contributed by atoms with Crippen LogP contribution in [0.1, 0.15) is 27.0 Å². The third kappa shape index (κ3) is 5.43. The van der Waals surface area contributed by atoms with Crippen LogP contribution in [0, 0.1) is 6.92 Å². The first-order valence-corrected chi connectivity index (χ1v) is 8.86. The van der Waals surface area contributed by atoms with Crippen LogP contribution >= 0.6 is 11.6 Å². The molecule has 3 rings (SSSR count). The van der Waals surface area contributed by atoms with Crippen LogP contribution in [0.4, 0.5) is 0 Å². The number of hydrogen-bond acceptors (Lipinski definition) is 3. The number of amides is 1. The quantitative estimate of drug-likeness (QED) is 0.485. The minimum atomic E-state index is -0.354. The van der Waals surface area contributed by atoms with Crippen molar-refractivity contribution >= 4 is 23.7 Å². The fourth-order valence-corrected chi connectivity index (χ4v) is 2.78. The van der Waals surface area contributed by atoms with Crippen LogP contribution in [-0.4, -0.2) is 12.1 Å². The van der Waals surface area contributed by atoms with Gasteiger partial charge in [0.25, 0.3) is 5.91 Å². The van der Waals surface area contributed by atoms with Gasteiger partial charge in [0.05, 0.1) is 16.8 Å². The molecular formula is C22H19ClN2O2. The summed E-state index contributed by atoms with van der Waals surface area (Å²) < 4.78 is 5.79. The molecule has 0 aromatic heterocycles. The Hall–Kier alpha value is -3.11. The fraction of sp³-hybridized carbons (Fsp3) is 0.0909. The van der Waals surface area contributed by atoms with Crippen molar-refractivity contribution in [1.29, 1.82) is 0 Å². The van der Waals surface area contributed by atoms with Crippen LogP contribution in [-0.2, 0) is 6.61 Å². The first-order chi connectivity index (χ1) is 13.1. The number of rotatable bonds is 6. The predicted molar refractivity (Wildman–Crippen MR) is 108 cm³/mol. The Kier molecular flexibility index (Phi) is 6.23. The second-order valence-corrected chi connectivity index (χ2v) is 6.44. The van der Waals surface area contributed by atoms with Crippen LogP contribution in [0.15, 0.2) is 77.9 Å². The van der Waals surface area contributed by atoms with E-state index in [0.717, 1.165) is 22.4 Å². The van der Waals surface area contributed by atoms with Gasteiger partial charge in [-0.1, -0.05) is 60.1 Å². The molecule has 0 saturated heterocycles. The van der Waals surface area contributed by atoms with E-state index in [1.807, 2.05) is 67.6 Å². The highest BCUT2D eigenvalue weighted by Gasteiger charge is 2.09. The lowest BCUT2D eigenvalue weighted by Gasteiger charge is -2.07. The molecule has 0 bridgehead atoms. The van der Waals surface area contributed by atoms with E-state index in [1.54, 1.807) is 18.3 Å². The van der Waals surface area contributed by atoms with E-state index in [-0.39, 0.29) is 5.91 Å². The van der Waals surface area contributed by atoms with Gasteiger partial charge in [-0.15, -0.1) is 0 Å². The Morgan fingerprint density at radius 3 is 2.67 bits per heavy atom. The standard InChI is InChI=1S/C22H19ClN2O2/c1-16-10-11-20(21(23)12-16)22(26)25-24-14-18-8-5-9-19(13-18)27-15-17-6-3-2-4-7-17/h2-14H,15H2,1H3,(H,25,26)/b24-14+. The van der Waals surface area contributed by atoms with Gasteiger partial charge < -0.3 is 4.74 Å². The lowest BCUT2D eigenvalue weighted by Crippen LogP contribution is -2.18. The van der Waals surface area contributed by atoms with E-state index in [1.165, 1.54) is 0 Å². The maximum absolute atomic E-state index is 12.2. The predicted octanol–water partition coefficient (Wildman–Crippen LogP) is 4.99. The van der Waals surface area contributed by atoms with Gasteiger partial charge in [0.1, 0.15) is 12.4 Å². The molecule has 0 aliphatic carbocycles. The van der Waals surface area contributed by atoms with E-state index >= 15 is 0 Å². The van der Waals surface area contributed by atoms with Gasteiger partial charge in [0.2, 0.25) is 0 Å². The van der Waals surface area contributed by atoms with Crippen molar-refractivity contribution in [1.82, 2.24) is 5.43 Å². The van der Waals surface area contributed by atoms with Crippen LogP contribution in [0.5, 0.6) is 5.75 Å². The van der Waals surface area contributed by atoms with Crippen LogP contribution < -0.4 is 10.2 Å². The maximum Gasteiger partial charge on any atom is 0.272 e. The van der Waals surface area contributed by atoms with Crippen molar-refractivity contribution in [3.8, 4) is 5.75 Å². The highest BCUT2D eigenvalue weighted by Crippen LogP contribution is 2.17. The van der Waals surface area contributed by atoms with Crippen LogP contribution in [0.2, 0.25) is 5.02 Å². The smallest absolute Gasteiger partial charge is 0.272 e. The Morgan fingerprint density at radius 2 is 1.89 bits per heavy atom. The monoisotopic (exact) mass is 378 g/mol. The molecule has 3 aromatic rings. The third-order valence-electron chi connectivity index (χ3n) is 3.86. The molecule has 4 nitrogen and oxygen atoms in total. The molecule has 0 heterocycles. The van der Waals surface area contributed by atoms with Crippen molar-refractivity contribution in [2.24, 2.45) is 5.10 Å². The number of nitrogens with zero attached hydrogens (tertiary/aromatic N) is 1. The minimum Gasteiger partial charge on any atom is -0.489 e.